The van der Waals surface area contributed by atoms with Crippen LogP contribution in [0.15, 0.2) is 41.3 Å². The number of sulfonamides is 1. The Balaban J connectivity index is 1.37. The second kappa shape index (κ2) is 8.16. The van der Waals surface area contributed by atoms with Crippen molar-refractivity contribution in [1.82, 2.24) is 9.62 Å². The van der Waals surface area contributed by atoms with Gasteiger partial charge >= 0.3 is 0 Å². The Bertz CT molecular complexity index is 1100. The SMILES string of the molecule is Cc1ccc(S(=O)(=O)N2CCC(C)(C(=O)NCc3ccc4c(c3)OCO4)CC2)cc1C. The Morgan fingerprint density at radius 2 is 1.74 bits per heavy atom. The van der Waals surface area contributed by atoms with Crippen molar-refractivity contribution in [3.63, 3.8) is 0 Å². The number of rotatable bonds is 5. The molecule has 1 amide bonds. The summed E-state index contributed by atoms with van der Waals surface area (Å²) in [4.78, 5) is 13.2. The molecule has 166 valence electrons. The first-order valence-corrected chi connectivity index (χ1v) is 11.9. The fraction of sp³-hybridized carbons (Fsp3) is 0.435. The maximum absolute atomic E-state index is 13.0. The molecule has 2 heterocycles. The van der Waals surface area contributed by atoms with Crippen LogP contribution in [0.25, 0.3) is 0 Å². The van der Waals surface area contributed by atoms with Crippen LogP contribution in [0.2, 0.25) is 0 Å². The van der Waals surface area contributed by atoms with E-state index in [1.807, 2.05) is 45.0 Å². The van der Waals surface area contributed by atoms with Gasteiger partial charge in [-0.05, 0) is 67.6 Å². The van der Waals surface area contributed by atoms with Gasteiger partial charge in [-0.1, -0.05) is 19.1 Å². The first-order valence-electron chi connectivity index (χ1n) is 10.4. The zero-order valence-corrected chi connectivity index (χ0v) is 18.9. The number of piperidine rings is 1. The highest BCUT2D eigenvalue weighted by Gasteiger charge is 2.40. The molecule has 1 N–H and O–H groups in total. The van der Waals surface area contributed by atoms with Crippen molar-refractivity contribution in [2.75, 3.05) is 19.9 Å². The number of aryl methyl sites for hydroxylation is 2. The third-order valence-corrected chi connectivity index (χ3v) is 8.27. The minimum absolute atomic E-state index is 0.0617. The molecule has 2 aromatic carbocycles. The maximum atomic E-state index is 13.0. The van der Waals surface area contributed by atoms with E-state index >= 15 is 0 Å². The first kappa shape index (κ1) is 21.6. The number of benzene rings is 2. The van der Waals surface area contributed by atoms with Crippen LogP contribution in [0.5, 0.6) is 11.5 Å². The van der Waals surface area contributed by atoms with Gasteiger partial charge in [0.25, 0.3) is 0 Å². The fourth-order valence-corrected chi connectivity index (χ4v) is 5.44. The average molecular weight is 445 g/mol. The molecule has 2 aromatic rings. The van der Waals surface area contributed by atoms with Crippen LogP contribution in [-0.2, 0) is 21.4 Å². The lowest BCUT2D eigenvalue weighted by molar-refractivity contribution is -0.132. The van der Waals surface area contributed by atoms with E-state index in [4.69, 9.17) is 9.47 Å². The van der Waals surface area contributed by atoms with Gasteiger partial charge in [-0.25, -0.2) is 8.42 Å². The van der Waals surface area contributed by atoms with Gasteiger partial charge < -0.3 is 14.8 Å². The third-order valence-electron chi connectivity index (χ3n) is 6.38. The van der Waals surface area contributed by atoms with Crippen LogP contribution in [0.3, 0.4) is 0 Å². The Hall–Kier alpha value is -2.58. The summed E-state index contributed by atoms with van der Waals surface area (Å²) in [5, 5.41) is 3.00. The van der Waals surface area contributed by atoms with E-state index in [0.29, 0.717) is 48.9 Å². The van der Waals surface area contributed by atoms with Gasteiger partial charge in [0.15, 0.2) is 11.5 Å². The minimum atomic E-state index is -3.56. The first-order chi connectivity index (χ1) is 14.7. The number of hydrogen-bond donors (Lipinski definition) is 1. The summed E-state index contributed by atoms with van der Waals surface area (Å²) in [7, 11) is -3.56. The Morgan fingerprint density at radius 3 is 2.45 bits per heavy atom. The number of fused-ring (bicyclic) bond motifs is 1. The highest BCUT2D eigenvalue weighted by molar-refractivity contribution is 7.89. The summed E-state index contributed by atoms with van der Waals surface area (Å²) in [5.41, 5.74) is 2.33. The van der Waals surface area contributed by atoms with Gasteiger partial charge in [-0.2, -0.15) is 4.31 Å². The molecule has 2 aliphatic rings. The van der Waals surface area contributed by atoms with Crippen LogP contribution >= 0.6 is 0 Å². The van der Waals surface area contributed by atoms with Crippen LogP contribution in [0.1, 0.15) is 36.5 Å². The zero-order valence-electron chi connectivity index (χ0n) is 18.1. The van der Waals surface area contributed by atoms with Crippen molar-refractivity contribution in [3.05, 3.63) is 53.1 Å². The van der Waals surface area contributed by atoms with Crippen molar-refractivity contribution in [1.29, 1.82) is 0 Å². The molecular weight excluding hydrogens is 416 g/mol. The highest BCUT2D eigenvalue weighted by atomic mass is 32.2. The molecule has 8 heteroatoms. The van der Waals surface area contributed by atoms with Gasteiger partial charge in [0, 0.05) is 25.0 Å². The molecule has 0 radical (unpaired) electrons. The molecule has 1 fully saturated rings. The Labute approximate surface area is 183 Å². The number of amides is 1. The smallest absolute Gasteiger partial charge is 0.243 e. The molecule has 0 aliphatic carbocycles. The normalized spacial score (nSPS) is 18.0. The molecular formula is C23H28N2O5S. The number of hydrogen-bond acceptors (Lipinski definition) is 5. The molecule has 0 spiro atoms. The number of nitrogens with zero attached hydrogens (tertiary/aromatic N) is 1. The number of carbonyl (C=O) groups is 1. The standard InChI is InChI=1S/C23H28N2O5S/c1-16-4-6-19(12-17(16)2)31(27,28)25-10-8-23(3,9-11-25)22(26)24-14-18-5-7-20-21(13-18)30-15-29-20/h4-7,12-13H,8-11,14-15H2,1-3H3,(H,24,26). The predicted molar refractivity (Wildman–Crippen MR) is 116 cm³/mol. The van der Waals surface area contributed by atoms with Crippen LogP contribution < -0.4 is 14.8 Å². The summed E-state index contributed by atoms with van der Waals surface area (Å²) in [6, 6.07) is 10.8. The van der Waals surface area contributed by atoms with Crippen molar-refractivity contribution in [3.8, 4) is 11.5 Å². The van der Waals surface area contributed by atoms with E-state index < -0.39 is 15.4 Å². The molecule has 1 saturated heterocycles. The minimum Gasteiger partial charge on any atom is -0.454 e. The van der Waals surface area contributed by atoms with E-state index in [1.54, 1.807) is 12.1 Å². The topological polar surface area (TPSA) is 84.9 Å². The van der Waals surface area contributed by atoms with Gasteiger partial charge in [-0.3, -0.25) is 4.79 Å². The molecule has 0 unspecified atom stereocenters. The van der Waals surface area contributed by atoms with E-state index in [-0.39, 0.29) is 12.7 Å². The summed E-state index contributed by atoms with van der Waals surface area (Å²) >= 11 is 0. The number of carbonyl (C=O) groups excluding carboxylic acids is 1. The van der Waals surface area contributed by atoms with Crippen molar-refractivity contribution in [2.24, 2.45) is 5.41 Å². The van der Waals surface area contributed by atoms with Crippen molar-refractivity contribution in [2.45, 2.75) is 45.1 Å². The molecule has 0 aromatic heterocycles. The van der Waals surface area contributed by atoms with Crippen molar-refractivity contribution >= 4 is 15.9 Å². The Morgan fingerprint density at radius 1 is 1.03 bits per heavy atom. The van der Waals surface area contributed by atoms with E-state index in [1.165, 1.54) is 4.31 Å². The van der Waals surface area contributed by atoms with Gasteiger partial charge in [0.1, 0.15) is 0 Å². The van der Waals surface area contributed by atoms with E-state index in [9.17, 15) is 13.2 Å². The molecule has 0 saturated carbocycles. The summed E-state index contributed by atoms with van der Waals surface area (Å²) < 4.78 is 38.3. The lowest BCUT2D eigenvalue weighted by atomic mass is 9.80. The summed E-state index contributed by atoms with van der Waals surface area (Å²) in [6.07, 6.45) is 0.952. The molecule has 7 nitrogen and oxygen atoms in total. The Kier molecular flexibility index (Phi) is 5.70. The van der Waals surface area contributed by atoms with Crippen LogP contribution in [-0.4, -0.2) is 38.5 Å². The summed E-state index contributed by atoms with van der Waals surface area (Å²) in [5.74, 6) is 1.33. The zero-order chi connectivity index (χ0) is 22.2. The molecule has 0 atom stereocenters. The van der Waals surface area contributed by atoms with Gasteiger partial charge in [-0.15, -0.1) is 0 Å². The lowest BCUT2D eigenvalue weighted by Gasteiger charge is -2.37. The third kappa shape index (κ3) is 4.27. The fourth-order valence-electron chi connectivity index (χ4n) is 3.92. The second-order valence-electron chi connectivity index (χ2n) is 8.58. The molecule has 4 rings (SSSR count). The van der Waals surface area contributed by atoms with Gasteiger partial charge in [0.05, 0.1) is 4.90 Å². The number of ether oxygens (including phenoxy) is 2. The van der Waals surface area contributed by atoms with Crippen LogP contribution in [0, 0.1) is 19.3 Å². The largest absolute Gasteiger partial charge is 0.454 e. The van der Waals surface area contributed by atoms with Gasteiger partial charge in [0.2, 0.25) is 22.7 Å². The van der Waals surface area contributed by atoms with Crippen molar-refractivity contribution < 1.29 is 22.7 Å². The molecule has 0 bridgehead atoms. The second-order valence-corrected chi connectivity index (χ2v) is 10.5. The monoisotopic (exact) mass is 444 g/mol. The molecule has 31 heavy (non-hydrogen) atoms. The predicted octanol–water partition coefficient (Wildman–Crippen LogP) is 3.14. The number of nitrogens with one attached hydrogen (secondary N) is 1. The highest BCUT2D eigenvalue weighted by Crippen LogP contribution is 2.35. The maximum Gasteiger partial charge on any atom is 0.243 e. The molecule has 2 aliphatic heterocycles. The summed E-state index contributed by atoms with van der Waals surface area (Å²) in [6.45, 7) is 7.02. The average Bonchev–Trinajstić information content (AvgIpc) is 3.22. The van der Waals surface area contributed by atoms with Crippen LogP contribution in [0.4, 0.5) is 0 Å². The lowest BCUT2D eigenvalue weighted by Crippen LogP contribution is -2.48. The van der Waals surface area contributed by atoms with E-state index in [2.05, 4.69) is 5.32 Å². The quantitative estimate of drug-likeness (QED) is 0.766. The van der Waals surface area contributed by atoms with E-state index in [0.717, 1.165) is 16.7 Å².